The van der Waals surface area contributed by atoms with Gasteiger partial charge in [0, 0.05) is 10.6 Å². The molecule has 1 aromatic rings. The van der Waals surface area contributed by atoms with Crippen LogP contribution < -0.4 is 11.1 Å². The smallest absolute Gasteiger partial charge is 0.333 e. The number of halogens is 1. The number of fused-ring (bicyclic) bond motifs is 2. The highest BCUT2D eigenvalue weighted by Crippen LogP contribution is 2.51. The standard InChI is InChI=1S/C25H29ClN4O9S2/c1-24(2)17(30-20(33)16(21(30)40-24)28-19(32)15(27)12-7-5-4-6-8-12)22(34)38-11-39-23(35)18-25(3,10-26)41(36,37)14-9-13(31)29(14)18/h4-8,14-18,21H,9-11,27H2,1-3H3,(H,28,32)/t14-,15+,16?,17?,18-,21?,25-/m0/s1. The first-order chi connectivity index (χ1) is 19.2. The van der Waals surface area contributed by atoms with Gasteiger partial charge < -0.3 is 30.3 Å². The normalized spacial score (nSPS) is 33.1. The summed E-state index contributed by atoms with van der Waals surface area (Å²) in [7, 11) is -3.94. The van der Waals surface area contributed by atoms with E-state index >= 15 is 0 Å². The molecule has 5 rings (SSSR count). The minimum atomic E-state index is -3.94. The van der Waals surface area contributed by atoms with Crippen LogP contribution in [0.3, 0.4) is 0 Å². The molecule has 0 bridgehead atoms. The van der Waals surface area contributed by atoms with Crippen LogP contribution in [-0.2, 0) is 43.3 Å². The van der Waals surface area contributed by atoms with Gasteiger partial charge in [0.15, 0.2) is 15.9 Å². The van der Waals surface area contributed by atoms with E-state index in [1.807, 2.05) is 0 Å². The van der Waals surface area contributed by atoms with Gasteiger partial charge in [-0.3, -0.25) is 14.4 Å². The maximum absolute atomic E-state index is 13.1. The Balaban J connectivity index is 1.20. The van der Waals surface area contributed by atoms with Gasteiger partial charge in [-0.25, -0.2) is 18.0 Å². The third-order valence-electron chi connectivity index (χ3n) is 8.11. The number of nitrogens with zero attached hydrogens (tertiary/aromatic N) is 2. The Kier molecular flexibility index (Phi) is 7.32. The second-order valence-electron chi connectivity index (χ2n) is 11.0. The molecular weight excluding hydrogens is 600 g/mol. The van der Waals surface area contributed by atoms with Crippen LogP contribution >= 0.6 is 23.4 Å². The summed E-state index contributed by atoms with van der Waals surface area (Å²) in [5.41, 5.74) is 6.63. The highest BCUT2D eigenvalue weighted by Gasteiger charge is 2.70. The van der Waals surface area contributed by atoms with Crippen LogP contribution in [0.5, 0.6) is 0 Å². The molecule has 0 aliphatic carbocycles. The number of nitrogens with one attached hydrogen (secondary N) is 1. The van der Waals surface area contributed by atoms with Crippen LogP contribution in [0.1, 0.15) is 38.8 Å². The van der Waals surface area contributed by atoms with E-state index in [9.17, 15) is 32.4 Å². The van der Waals surface area contributed by atoms with E-state index in [2.05, 4.69) is 5.32 Å². The molecule has 3 amide bonds. The quantitative estimate of drug-likeness (QED) is 0.166. The highest BCUT2D eigenvalue weighted by atomic mass is 35.5. The number of sulfone groups is 1. The predicted octanol–water partition coefficient (Wildman–Crippen LogP) is -0.370. The number of hydrogen-bond donors (Lipinski definition) is 2. The molecule has 3 N–H and O–H groups in total. The summed E-state index contributed by atoms with van der Waals surface area (Å²) in [6, 6.07) is 4.27. The van der Waals surface area contributed by atoms with Crippen molar-refractivity contribution in [1.29, 1.82) is 0 Å². The van der Waals surface area contributed by atoms with Crippen molar-refractivity contribution in [3.8, 4) is 0 Å². The first kappa shape index (κ1) is 29.6. The maximum Gasteiger partial charge on any atom is 0.333 e. The van der Waals surface area contributed by atoms with E-state index in [0.717, 1.165) is 4.90 Å². The number of benzene rings is 1. The zero-order valence-electron chi connectivity index (χ0n) is 22.3. The average Bonchev–Trinajstić information content (AvgIpc) is 3.27. The molecule has 0 aromatic heterocycles. The van der Waals surface area contributed by atoms with Gasteiger partial charge in [0.2, 0.25) is 24.5 Å². The van der Waals surface area contributed by atoms with E-state index < -0.39 is 96.6 Å². The molecule has 1 aromatic carbocycles. The second kappa shape index (κ2) is 10.1. The maximum atomic E-state index is 13.1. The third kappa shape index (κ3) is 4.39. The first-order valence-electron chi connectivity index (χ1n) is 12.7. The van der Waals surface area contributed by atoms with E-state index in [0.29, 0.717) is 5.56 Å². The minimum Gasteiger partial charge on any atom is -0.426 e. The molecule has 0 spiro atoms. The van der Waals surface area contributed by atoms with Crippen LogP contribution in [0.4, 0.5) is 0 Å². The zero-order chi connectivity index (χ0) is 30.1. The molecule has 41 heavy (non-hydrogen) atoms. The molecule has 4 saturated heterocycles. The summed E-state index contributed by atoms with van der Waals surface area (Å²) in [5, 5.41) is 0.968. The van der Waals surface area contributed by atoms with Crippen LogP contribution in [0.2, 0.25) is 0 Å². The molecule has 13 nitrogen and oxygen atoms in total. The van der Waals surface area contributed by atoms with Crippen molar-refractivity contribution in [3.63, 3.8) is 0 Å². The summed E-state index contributed by atoms with van der Waals surface area (Å²) in [6.45, 7) is 3.88. The Morgan fingerprint density at radius 1 is 1.10 bits per heavy atom. The summed E-state index contributed by atoms with van der Waals surface area (Å²) in [6.07, 6.45) is -0.243. The Hall–Kier alpha value is -2.88. The van der Waals surface area contributed by atoms with Crippen LogP contribution in [0, 0.1) is 0 Å². The van der Waals surface area contributed by atoms with E-state index in [1.165, 1.54) is 23.6 Å². The van der Waals surface area contributed by atoms with Crippen molar-refractivity contribution in [1.82, 2.24) is 15.1 Å². The summed E-state index contributed by atoms with van der Waals surface area (Å²) < 4.78 is 33.4. The molecule has 4 fully saturated rings. The number of ether oxygens (including phenoxy) is 2. The van der Waals surface area contributed by atoms with Gasteiger partial charge >= 0.3 is 11.9 Å². The van der Waals surface area contributed by atoms with Crippen molar-refractivity contribution < 1.29 is 41.9 Å². The molecule has 222 valence electrons. The Labute approximate surface area is 245 Å². The molecule has 4 aliphatic rings. The SMILES string of the molecule is CC1(C)SC2C(NC(=O)[C@H](N)c3ccccc3)C(=O)N2C1C(=O)OCOC(=O)[C@@H]1N2C(=O)C[C@@H]2S(=O)(=O)[C@@]1(C)CCl. The lowest BCUT2D eigenvalue weighted by atomic mass is 9.95. The molecule has 7 atom stereocenters. The van der Waals surface area contributed by atoms with Crippen molar-refractivity contribution in [2.24, 2.45) is 5.73 Å². The van der Waals surface area contributed by atoms with Crippen LogP contribution in [0.25, 0.3) is 0 Å². The number of hydrogen-bond acceptors (Lipinski definition) is 11. The Bertz CT molecular complexity index is 1430. The second-order valence-corrected chi connectivity index (χ2v) is 15.6. The molecule has 4 aliphatic heterocycles. The Morgan fingerprint density at radius 2 is 1.71 bits per heavy atom. The molecule has 3 unspecified atom stereocenters. The monoisotopic (exact) mass is 628 g/mol. The number of thioether (sulfide) groups is 1. The van der Waals surface area contributed by atoms with Crippen molar-refractivity contribution >= 4 is 62.9 Å². The largest absolute Gasteiger partial charge is 0.426 e. The third-order valence-corrected chi connectivity index (χ3v) is 13.2. The molecule has 0 saturated carbocycles. The minimum absolute atomic E-state index is 0.243. The average molecular weight is 629 g/mol. The highest BCUT2D eigenvalue weighted by molar-refractivity contribution is 8.01. The van der Waals surface area contributed by atoms with Gasteiger partial charge in [0.1, 0.15) is 33.6 Å². The Morgan fingerprint density at radius 3 is 2.29 bits per heavy atom. The lowest BCUT2D eigenvalue weighted by molar-refractivity contribution is -0.181. The van der Waals surface area contributed by atoms with Gasteiger partial charge in [-0.05, 0) is 26.3 Å². The number of carbonyl (C=O) groups is 5. The topological polar surface area (TPSA) is 182 Å². The van der Waals surface area contributed by atoms with Crippen LogP contribution in [0.15, 0.2) is 30.3 Å². The van der Waals surface area contributed by atoms with E-state index in [-0.39, 0.29) is 6.42 Å². The number of esters is 2. The molecular formula is C25H29ClN4O9S2. The van der Waals surface area contributed by atoms with E-state index in [4.69, 9.17) is 26.8 Å². The number of rotatable bonds is 8. The summed E-state index contributed by atoms with van der Waals surface area (Å²) >= 11 is 7.24. The number of alkyl halides is 1. The van der Waals surface area contributed by atoms with Gasteiger partial charge in [0.05, 0.1) is 6.42 Å². The number of carbonyl (C=O) groups excluding carboxylic acids is 5. The lowest BCUT2D eigenvalue weighted by Gasteiger charge is -2.44. The molecule has 0 radical (unpaired) electrons. The first-order valence-corrected chi connectivity index (χ1v) is 15.7. The van der Waals surface area contributed by atoms with Gasteiger partial charge in [-0.15, -0.1) is 23.4 Å². The molecule has 4 heterocycles. The fourth-order valence-corrected chi connectivity index (χ4v) is 10.1. The molecule has 16 heteroatoms. The van der Waals surface area contributed by atoms with Crippen LogP contribution in [-0.4, -0.2) is 98.9 Å². The zero-order valence-corrected chi connectivity index (χ0v) is 24.7. The van der Waals surface area contributed by atoms with Crippen molar-refractivity contribution in [2.75, 3.05) is 12.7 Å². The van der Waals surface area contributed by atoms with Gasteiger partial charge in [-0.1, -0.05) is 30.3 Å². The van der Waals surface area contributed by atoms with Crippen molar-refractivity contribution in [3.05, 3.63) is 35.9 Å². The predicted molar refractivity (Wildman–Crippen MR) is 146 cm³/mol. The number of amides is 3. The lowest BCUT2D eigenvalue weighted by Crippen LogP contribution is -2.71. The van der Waals surface area contributed by atoms with Gasteiger partial charge in [0.25, 0.3) is 0 Å². The fourth-order valence-electron chi connectivity index (χ4n) is 5.73. The van der Waals surface area contributed by atoms with E-state index in [1.54, 1.807) is 44.2 Å². The number of nitrogens with two attached hydrogens (primary N) is 1. The fraction of sp³-hybridized carbons (Fsp3) is 0.560. The van der Waals surface area contributed by atoms with Gasteiger partial charge in [-0.2, -0.15) is 0 Å². The number of β-lactam (4-membered cyclic amide) rings is 2. The van der Waals surface area contributed by atoms with Crippen molar-refractivity contribution in [2.45, 2.75) is 71.6 Å². The summed E-state index contributed by atoms with van der Waals surface area (Å²) in [5.74, 6) is -3.92. The summed E-state index contributed by atoms with van der Waals surface area (Å²) in [4.78, 5) is 66.1.